The lowest BCUT2D eigenvalue weighted by Gasteiger charge is -2.13. The molecule has 17 heavy (non-hydrogen) atoms. The summed E-state index contributed by atoms with van der Waals surface area (Å²) in [6.45, 7) is 0. The van der Waals surface area contributed by atoms with Crippen LogP contribution in [0.4, 0.5) is 13.2 Å². The number of aromatic nitrogens is 1. The quantitative estimate of drug-likeness (QED) is 0.882. The summed E-state index contributed by atoms with van der Waals surface area (Å²) in [4.78, 5) is 3.48. The van der Waals surface area contributed by atoms with E-state index in [4.69, 9.17) is 5.26 Å². The highest BCUT2D eigenvalue weighted by Crippen LogP contribution is 2.39. The fourth-order valence-electron chi connectivity index (χ4n) is 1.10. The van der Waals surface area contributed by atoms with Gasteiger partial charge in [0.15, 0.2) is 11.5 Å². The average Bonchev–Trinajstić information content (AvgIpc) is 2.21. The molecule has 0 amide bonds. The summed E-state index contributed by atoms with van der Waals surface area (Å²) >= 11 is 0. The van der Waals surface area contributed by atoms with Gasteiger partial charge in [0.2, 0.25) is 5.75 Å². The number of aromatic hydroxyl groups is 1. The van der Waals surface area contributed by atoms with Crippen LogP contribution in [0.25, 0.3) is 0 Å². The number of alkyl halides is 3. The number of hydrogen-bond acceptors (Lipinski definition) is 5. The monoisotopic (exact) mass is 248 g/mol. The summed E-state index contributed by atoms with van der Waals surface area (Å²) in [7, 11) is 1.06. The summed E-state index contributed by atoms with van der Waals surface area (Å²) in [6.07, 6.45) is -4.44. The van der Waals surface area contributed by atoms with Gasteiger partial charge in [-0.05, 0) is 0 Å². The molecule has 1 N–H and O–H groups in total. The molecule has 0 aliphatic heterocycles. The molecule has 8 heteroatoms. The first-order valence-corrected chi connectivity index (χ1v) is 4.26. The lowest BCUT2D eigenvalue weighted by Crippen LogP contribution is -2.18. The van der Waals surface area contributed by atoms with Crippen LogP contribution in [0.5, 0.6) is 17.2 Å². The highest BCUT2D eigenvalue weighted by Gasteiger charge is 2.33. The topological polar surface area (TPSA) is 75.4 Å². The lowest BCUT2D eigenvalue weighted by molar-refractivity contribution is -0.275. The molecule has 92 valence electrons. The van der Waals surface area contributed by atoms with Crippen molar-refractivity contribution in [3.05, 3.63) is 11.9 Å². The van der Waals surface area contributed by atoms with Crippen molar-refractivity contribution in [1.29, 1.82) is 5.26 Å². The molecule has 1 aromatic heterocycles. The van der Waals surface area contributed by atoms with Crippen molar-refractivity contribution in [2.24, 2.45) is 0 Å². The van der Waals surface area contributed by atoms with E-state index in [9.17, 15) is 18.3 Å². The van der Waals surface area contributed by atoms with Gasteiger partial charge in [0.25, 0.3) is 0 Å². The van der Waals surface area contributed by atoms with E-state index < -0.39 is 23.6 Å². The number of halogens is 3. The maximum atomic E-state index is 12.0. The van der Waals surface area contributed by atoms with E-state index in [0.717, 1.165) is 13.3 Å². The van der Waals surface area contributed by atoms with Crippen LogP contribution in [0, 0.1) is 11.3 Å². The van der Waals surface area contributed by atoms with Gasteiger partial charge in [-0.3, -0.25) is 4.98 Å². The van der Waals surface area contributed by atoms with Crippen LogP contribution in [0.1, 0.15) is 5.69 Å². The maximum Gasteiger partial charge on any atom is 0.573 e. The Morgan fingerprint density at radius 3 is 2.65 bits per heavy atom. The van der Waals surface area contributed by atoms with E-state index in [1.54, 1.807) is 6.07 Å². The number of nitrogens with zero attached hydrogens (tertiary/aromatic N) is 2. The van der Waals surface area contributed by atoms with E-state index in [0.29, 0.717) is 0 Å². The smallest absolute Gasteiger partial charge is 0.503 e. The zero-order valence-electron chi connectivity index (χ0n) is 8.58. The van der Waals surface area contributed by atoms with Gasteiger partial charge in [0.05, 0.1) is 25.8 Å². The largest absolute Gasteiger partial charge is 0.573 e. The predicted molar refractivity (Wildman–Crippen MR) is 48.5 cm³/mol. The molecule has 0 saturated heterocycles. The highest BCUT2D eigenvalue weighted by atomic mass is 19.4. The van der Waals surface area contributed by atoms with Gasteiger partial charge in [0, 0.05) is 0 Å². The zero-order chi connectivity index (χ0) is 13.1. The standard InChI is InChI=1S/C9H7F3N2O3/c1-16-8-6(17-9(10,11)12)4-14-5(2-3-13)7(8)15/h4,15H,2H2,1H3. The van der Waals surface area contributed by atoms with Crippen molar-refractivity contribution in [2.75, 3.05) is 7.11 Å². The average molecular weight is 248 g/mol. The second-order valence-corrected chi connectivity index (χ2v) is 2.83. The Labute approximate surface area is 94.0 Å². The summed E-state index contributed by atoms with van der Waals surface area (Å²) in [5, 5.41) is 17.9. The molecule has 0 bridgehead atoms. The minimum atomic E-state index is -4.92. The summed E-state index contributed by atoms with van der Waals surface area (Å²) in [5.41, 5.74) is -0.0844. The maximum absolute atomic E-state index is 12.0. The van der Waals surface area contributed by atoms with Gasteiger partial charge in [0.1, 0.15) is 5.69 Å². The molecule has 0 spiro atoms. The van der Waals surface area contributed by atoms with E-state index >= 15 is 0 Å². The van der Waals surface area contributed by atoms with Gasteiger partial charge >= 0.3 is 6.36 Å². The first-order chi connectivity index (χ1) is 7.89. The van der Waals surface area contributed by atoms with E-state index in [2.05, 4.69) is 14.5 Å². The third-order valence-corrected chi connectivity index (χ3v) is 1.73. The first kappa shape index (κ1) is 12.9. The molecule has 0 aliphatic carbocycles. The molecule has 1 heterocycles. The molecule has 1 aromatic rings. The summed E-state index contributed by atoms with van der Waals surface area (Å²) < 4.78 is 44.2. The molecule has 0 fully saturated rings. The fourth-order valence-corrected chi connectivity index (χ4v) is 1.10. The molecule has 1 rings (SSSR count). The van der Waals surface area contributed by atoms with Crippen LogP contribution >= 0.6 is 0 Å². The Kier molecular flexibility index (Phi) is 3.62. The van der Waals surface area contributed by atoms with Crippen molar-refractivity contribution in [1.82, 2.24) is 4.98 Å². The van der Waals surface area contributed by atoms with Crippen LogP contribution < -0.4 is 9.47 Å². The Hall–Kier alpha value is -2.17. The number of methoxy groups -OCH3 is 1. The molecular weight excluding hydrogens is 241 g/mol. The van der Waals surface area contributed by atoms with Crippen LogP contribution in [0.3, 0.4) is 0 Å². The minimum Gasteiger partial charge on any atom is -0.503 e. The minimum absolute atomic E-state index is 0.0844. The summed E-state index contributed by atoms with van der Waals surface area (Å²) in [5.74, 6) is -1.92. The molecular formula is C9H7F3N2O3. The first-order valence-electron chi connectivity index (χ1n) is 4.26. The molecule has 0 atom stereocenters. The molecule has 0 aliphatic rings. The molecule has 0 unspecified atom stereocenters. The number of pyridine rings is 1. The molecule has 5 nitrogen and oxygen atoms in total. The van der Waals surface area contributed by atoms with Crippen molar-refractivity contribution in [3.63, 3.8) is 0 Å². The van der Waals surface area contributed by atoms with Gasteiger partial charge in [-0.15, -0.1) is 13.2 Å². The van der Waals surface area contributed by atoms with E-state index in [-0.39, 0.29) is 12.1 Å². The highest BCUT2D eigenvalue weighted by molar-refractivity contribution is 5.52. The van der Waals surface area contributed by atoms with Crippen LogP contribution in [0.2, 0.25) is 0 Å². The number of ether oxygens (including phenoxy) is 2. The summed E-state index contributed by atoms with van der Waals surface area (Å²) in [6, 6.07) is 1.70. The second kappa shape index (κ2) is 4.78. The molecule has 0 aromatic carbocycles. The van der Waals surface area contributed by atoms with Crippen molar-refractivity contribution < 1.29 is 27.8 Å². The Morgan fingerprint density at radius 2 is 2.18 bits per heavy atom. The zero-order valence-corrected chi connectivity index (χ0v) is 8.58. The van der Waals surface area contributed by atoms with Crippen LogP contribution in [-0.2, 0) is 6.42 Å². The van der Waals surface area contributed by atoms with Gasteiger partial charge in [-0.25, -0.2) is 0 Å². The Bertz CT molecular complexity index is 454. The third kappa shape index (κ3) is 3.14. The number of rotatable bonds is 3. The van der Waals surface area contributed by atoms with Crippen LogP contribution in [0.15, 0.2) is 6.20 Å². The SMILES string of the molecule is COc1c(OC(F)(F)F)cnc(CC#N)c1O. The Morgan fingerprint density at radius 1 is 1.53 bits per heavy atom. The van der Waals surface area contributed by atoms with Gasteiger partial charge < -0.3 is 14.6 Å². The van der Waals surface area contributed by atoms with Crippen LogP contribution in [-0.4, -0.2) is 23.6 Å². The predicted octanol–water partition coefficient (Wildman–Crippen LogP) is 1.76. The van der Waals surface area contributed by atoms with Crippen molar-refractivity contribution >= 4 is 0 Å². The second-order valence-electron chi connectivity index (χ2n) is 2.83. The van der Waals surface area contributed by atoms with Crippen molar-refractivity contribution in [2.45, 2.75) is 12.8 Å². The number of nitriles is 1. The van der Waals surface area contributed by atoms with Crippen molar-refractivity contribution in [3.8, 4) is 23.3 Å². The van der Waals surface area contributed by atoms with Gasteiger partial charge in [-0.1, -0.05) is 0 Å². The van der Waals surface area contributed by atoms with E-state index in [1.165, 1.54) is 0 Å². The van der Waals surface area contributed by atoms with Gasteiger partial charge in [-0.2, -0.15) is 5.26 Å². The normalized spacial score (nSPS) is 10.8. The van der Waals surface area contributed by atoms with E-state index in [1.807, 2.05) is 0 Å². The number of hydrogen-bond donors (Lipinski definition) is 1. The third-order valence-electron chi connectivity index (χ3n) is 1.73. The Balaban J connectivity index is 3.17. The molecule has 0 radical (unpaired) electrons. The fraction of sp³-hybridized carbons (Fsp3) is 0.333. The molecule has 0 saturated carbocycles. The lowest BCUT2D eigenvalue weighted by atomic mass is 10.2.